The van der Waals surface area contributed by atoms with Crippen molar-refractivity contribution in [2.45, 2.75) is 27.4 Å². The molecular weight excluding hydrogens is 348 g/mol. The Balaban J connectivity index is 1.69. The Hall–Kier alpha value is -3.65. The van der Waals surface area contributed by atoms with E-state index in [0.717, 1.165) is 33.5 Å². The van der Waals surface area contributed by atoms with Gasteiger partial charge in [-0.05, 0) is 56.2 Å². The van der Waals surface area contributed by atoms with E-state index >= 15 is 0 Å². The quantitative estimate of drug-likeness (QED) is 0.519. The van der Waals surface area contributed by atoms with Crippen molar-refractivity contribution in [3.05, 3.63) is 82.5 Å². The van der Waals surface area contributed by atoms with Crippen LogP contribution in [0.3, 0.4) is 0 Å². The predicted molar refractivity (Wildman–Crippen MR) is 109 cm³/mol. The first kappa shape index (κ1) is 17.7. The molecule has 0 unspecified atom stereocenters. The van der Waals surface area contributed by atoms with Crippen LogP contribution in [0.4, 0.5) is 0 Å². The van der Waals surface area contributed by atoms with E-state index in [4.69, 9.17) is 20.1 Å². The van der Waals surface area contributed by atoms with Crippen LogP contribution in [0.2, 0.25) is 0 Å². The second kappa shape index (κ2) is 7.16. The average Bonchev–Trinajstić information content (AvgIpc) is 3.04. The van der Waals surface area contributed by atoms with Gasteiger partial charge in [-0.25, -0.2) is 4.68 Å². The van der Waals surface area contributed by atoms with Crippen molar-refractivity contribution in [2.24, 2.45) is 0 Å². The zero-order chi connectivity index (χ0) is 19.7. The summed E-state index contributed by atoms with van der Waals surface area (Å²) in [5.74, 6) is 0.558. The molecule has 0 fully saturated rings. The maximum absolute atomic E-state index is 8.91. The molecule has 0 N–H and O–H groups in total. The van der Waals surface area contributed by atoms with Crippen LogP contribution in [-0.4, -0.2) is 14.8 Å². The fraction of sp³-hybridized carbons (Fsp3) is 0.174. The van der Waals surface area contributed by atoms with Crippen molar-refractivity contribution in [3.8, 4) is 17.6 Å². The Morgan fingerprint density at radius 1 is 1.00 bits per heavy atom. The fourth-order valence-corrected chi connectivity index (χ4v) is 3.25. The molecule has 28 heavy (non-hydrogen) atoms. The van der Waals surface area contributed by atoms with Crippen molar-refractivity contribution in [2.75, 3.05) is 0 Å². The van der Waals surface area contributed by atoms with Crippen LogP contribution in [0.5, 0.6) is 5.88 Å². The normalized spacial score (nSPS) is 10.8. The maximum atomic E-state index is 8.91. The Bertz CT molecular complexity index is 1180. The number of nitrogens with zero attached hydrogens (tertiary/aromatic N) is 4. The molecule has 0 saturated carbocycles. The first-order valence-electron chi connectivity index (χ1n) is 9.11. The second-order valence-electron chi connectivity index (χ2n) is 6.91. The molecule has 0 aliphatic carbocycles. The van der Waals surface area contributed by atoms with Gasteiger partial charge in [-0.1, -0.05) is 29.8 Å². The molecule has 0 amide bonds. The Kier molecular flexibility index (Phi) is 4.54. The lowest BCUT2D eigenvalue weighted by molar-refractivity contribution is 0.294. The van der Waals surface area contributed by atoms with Gasteiger partial charge in [-0.2, -0.15) is 15.3 Å². The monoisotopic (exact) mass is 368 g/mol. The lowest BCUT2D eigenvalue weighted by Gasteiger charge is -2.09. The van der Waals surface area contributed by atoms with E-state index in [9.17, 15) is 0 Å². The molecule has 4 aromatic rings. The van der Waals surface area contributed by atoms with Crippen molar-refractivity contribution in [3.63, 3.8) is 0 Å². The van der Waals surface area contributed by atoms with Gasteiger partial charge in [0.05, 0.1) is 23.0 Å². The highest BCUT2D eigenvalue weighted by atomic mass is 16.5. The third-order valence-corrected chi connectivity index (χ3v) is 4.73. The molecule has 5 heteroatoms. The number of pyridine rings is 1. The number of nitriles is 1. The van der Waals surface area contributed by atoms with Gasteiger partial charge in [0.2, 0.25) is 5.88 Å². The molecule has 0 radical (unpaired) electrons. The molecule has 0 aliphatic heterocycles. The highest BCUT2D eigenvalue weighted by molar-refractivity contribution is 5.84. The summed E-state index contributed by atoms with van der Waals surface area (Å²) < 4.78 is 7.81. The van der Waals surface area contributed by atoms with Crippen molar-refractivity contribution in [1.82, 2.24) is 14.8 Å². The lowest BCUT2D eigenvalue weighted by Crippen LogP contribution is -2.01. The summed E-state index contributed by atoms with van der Waals surface area (Å²) in [5.41, 5.74) is 6.61. The molecule has 2 heterocycles. The third-order valence-electron chi connectivity index (χ3n) is 4.73. The summed E-state index contributed by atoms with van der Waals surface area (Å²) in [6, 6.07) is 19.6. The highest BCUT2D eigenvalue weighted by Gasteiger charge is 2.15. The minimum atomic E-state index is 0.390. The summed E-state index contributed by atoms with van der Waals surface area (Å²) in [4.78, 5) is 4.73. The molecule has 0 aliphatic rings. The topological polar surface area (TPSA) is 63.7 Å². The number of hydrogen-bond donors (Lipinski definition) is 0. The van der Waals surface area contributed by atoms with Crippen LogP contribution < -0.4 is 4.74 Å². The molecule has 2 aromatic heterocycles. The Labute approximate surface area is 163 Å². The van der Waals surface area contributed by atoms with Gasteiger partial charge in [-0.3, -0.25) is 0 Å². The minimum Gasteiger partial charge on any atom is -0.473 e. The van der Waals surface area contributed by atoms with Gasteiger partial charge < -0.3 is 4.74 Å². The number of aromatic nitrogens is 3. The number of rotatable bonds is 4. The second-order valence-corrected chi connectivity index (χ2v) is 6.91. The molecule has 0 atom stereocenters. The largest absolute Gasteiger partial charge is 0.473 e. The van der Waals surface area contributed by atoms with E-state index in [-0.39, 0.29) is 0 Å². The van der Waals surface area contributed by atoms with Crippen molar-refractivity contribution < 1.29 is 4.74 Å². The molecule has 0 bridgehead atoms. The third kappa shape index (κ3) is 3.33. The van der Waals surface area contributed by atoms with E-state index < -0.39 is 0 Å². The summed E-state index contributed by atoms with van der Waals surface area (Å²) in [6.07, 6.45) is 0. The number of ether oxygens (including phenoxy) is 1. The van der Waals surface area contributed by atoms with Gasteiger partial charge in [0, 0.05) is 11.5 Å². The van der Waals surface area contributed by atoms with Crippen LogP contribution in [0.25, 0.3) is 16.7 Å². The van der Waals surface area contributed by atoms with E-state index in [1.165, 1.54) is 5.56 Å². The summed E-state index contributed by atoms with van der Waals surface area (Å²) in [7, 11) is 0. The lowest BCUT2D eigenvalue weighted by atomic mass is 10.1. The standard InChI is InChI=1S/C23H20N4O/c1-15-4-10-20(11-5-15)27-23-22(17(3)26-27)16(2)12-21(25-23)28-14-19-8-6-18(13-24)7-9-19/h4-12H,14H2,1-3H3. The fourth-order valence-electron chi connectivity index (χ4n) is 3.25. The molecule has 5 nitrogen and oxygen atoms in total. The zero-order valence-corrected chi connectivity index (χ0v) is 16.1. The first-order chi connectivity index (χ1) is 13.5. The predicted octanol–water partition coefficient (Wildman–Crippen LogP) is 4.80. The van der Waals surface area contributed by atoms with Gasteiger partial charge in [0.25, 0.3) is 0 Å². The van der Waals surface area contributed by atoms with Gasteiger partial charge in [0.1, 0.15) is 6.61 Å². The molecule has 0 spiro atoms. The van der Waals surface area contributed by atoms with E-state index in [1.807, 2.05) is 48.9 Å². The zero-order valence-electron chi connectivity index (χ0n) is 16.1. The molecule has 4 rings (SSSR count). The number of fused-ring (bicyclic) bond motifs is 1. The first-order valence-corrected chi connectivity index (χ1v) is 9.11. The van der Waals surface area contributed by atoms with E-state index in [1.54, 1.807) is 12.1 Å². The number of hydrogen-bond acceptors (Lipinski definition) is 4. The molecule has 2 aromatic carbocycles. The van der Waals surface area contributed by atoms with Gasteiger partial charge >= 0.3 is 0 Å². The maximum Gasteiger partial charge on any atom is 0.215 e. The van der Waals surface area contributed by atoms with Crippen LogP contribution in [0, 0.1) is 32.1 Å². The van der Waals surface area contributed by atoms with E-state index in [2.05, 4.69) is 25.1 Å². The van der Waals surface area contributed by atoms with Crippen molar-refractivity contribution in [1.29, 1.82) is 5.26 Å². The van der Waals surface area contributed by atoms with E-state index in [0.29, 0.717) is 18.1 Å². The number of benzene rings is 2. The minimum absolute atomic E-state index is 0.390. The smallest absolute Gasteiger partial charge is 0.215 e. The Morgan fingerprint density at radius 2 is 1.71 bits per heavy atom. The SMILES string of the molecule is Cc1ccc(-n2nc(C)c3c(C)cc(OCc4ccc(C#N)cc4)nc32)cc1. The van der Waals surface area contributed by atoms with Gasteiger partial charge in [0.15, 0.2) is 5.65 Å². The Morgan fingerprint density at radius 3 is 2.39 bits per heavy atom. The molecule has 0 saturated heterocycles. The van der Waals surface area contributed by atoms with Crippen LogP contribution in [0.1, 0.15) is 27.9 Å². The number of aryl methyl sites for hydroxylation is 3. The molecular formula is C23H20N4O. The summed E-state index contributed by atoms with van der Waals surface area (Å²) >= 11 is 0. The average molecular weight is 368 g/mol. The van der Waals surface area contributed by atoms with Gasteiger partial charge in [-0.15, -0.1) is 0 Å². The summed E-state index contributed by atoms with van der Waals surface area (Å²) in [6.45, 7) is 6.50. The highest BCUT2D eigenvalue weighted by Crippen LogP contribution is 2.27. The van der Waals surface area contributed by atoms with Crippen molar-refractivity contribution >= 4 is 11.0 Å². The van der Waals surface area contributed by atoms with Crippen LogP contribution in [-0.2, 0) is 6.61 Å². The summed E-state index contributed by atoms with van der Waals surface area (Å²) in [5, 5.41) is 14.6. The molecule has 138 valence electrons. The van der Waals surface area contributed by atoms with Crippen LogP contribution >= 0.6 is 0 Å². The van der Waals surface area contributed by atoms with Crippen LogP contribution in [0.15, 0.2) is 54.6 Å².